The van der Waals surface area contributed by atoms with Crippen molar-refractivity contribution in [3.63, 3.8) is 0 Å². The minimum absolute atomic E-state index is 0.0755. The Morgan fingerprint density at radius 3 is 2.00 bits per heavy atom. The summed E-state index contributed by atoms with van der Waals surface area (Å²) in [5.41, 5.74) is -6.07. The van der Waals surface area contributed by atoms with Crippen molar-refractivity contribution in [1.82, 2.24) is 10.6 Å². The van der Waals surface area contributed by atoms with Crippen molar-refractivity contribution in [2.24, 2.45) is 0 Å². The first-order chi connectivity index (χ1) is 17.0. The predicted molar refractivity (Wildman–Crippen MR) is 120 cm³/mol. The Morgan fingerprint density at radius 2 is 1.54 bits per heavy atom. The van der Waals surface area contributed by atoms with Crippen LogP contribution in [0.2, 0.25) is 0 Å². The number of amides is 2. The summed E-state index contributed by atoms with van der Waals surface area (Å²) in [4.78, 5) is 48.5. The largest absolute Gasteiger partial charge is 0.465 e. The summed E-state index contributed by atoms with van der Waals surface area (Å²) in [5, 5.41) is 3.03. The molecule has 0 saturated heterocycles. The monoisotopic (exact) mass is 558 g/mol. The maximum atomic E-state index is 13.3. The molecule has 0 aliphatic rings. The van der Waals surface area contributed by atoms with Crippen LogP contribution in [0, 0.1) is 0 Å². The number of carbonyl (C=O) groups is 4. The van der Waals surface area contributed by atoms with E-state index in [4.69, 9.17) is 0 Å². The predicted octanol–water partition coefficient (Wildman–Crippen LogP) is 3.70. The van der Waals surface area contributed by atoms with E-state index in [1.165, 1.54) is 0 Å². The number of ether oxygens (including phenoxy) is 2. The van der Waals surface area contributed by atoms with Gasteiger partial charge in [0, 0.05) is 10.8 Å². The van der Waals surface area contributed by atoms with E-state index >= 15 is 0 Å². The van der Waals surface area contributed by atoms with Gasteiger partial charge >= 0.3 is 24.3 Å². The third-order valence-electron chi connectivity index (χ3n) is 4.20. The first-order valence-corrected chi connectivity index (χ1v) is 11.4. The molecule has 0 bridgehead atoms. The van der Waals surface area contributed by atoms with Gasteiger partial charge in [0.2, 0.25) is 0 Å². The van der Waals surface area contributed by atoms with Crippen molar-refractivity contribution in [1.29, 1.82) is 0 Å². The van der Waals surface area contributed by atoms with Crippen LogP contribution in [0.25, 0.3) is 0 Å². The molecule has 1 aromatic rings. The van der Waals surface area contributed by atoms with Gasteiger partial charge in [0.1, 0.15) is 13.2 Å². The summed E-state index contributed by atoms with van der Waals surface area (Å²) in [6.45, 7) is 6.75. The standard InChI is InChI=1S/C22H24F6N2O6S/c1-5-35-15(31)9-29-18(33)19(37-11(2)3)30-17(32)12(4)10-36-20(34)16-13(21(23,24)25)7-6-8-14(16)22(26,27)28/h6-8,11,19H,4-5,9-10H2,1-3H3,(H,29,33)(H,30,32). The SMILES string of the molecule is C=C(COC(=O)c1c(C(F)(F)F)cccc1C(F)(F)F)C(=O)NC(SC(C)C)C(=O)NCC(=O)OCC. The van der Waals surface area contributed by atoms with Gasteiger partial charge in [-0.3, -0.25) is 14.4 Å². The van der Waals surface area contributed by atoms with Gasteiger partial charge in [-0.05, 0) is 19.1 Å². The lowest BCUT2D eigenvalue weighted by atomic mass is 10.00. The lowest BCUT2D eigenvalue weighted by molar-refractivity contribution is -0.144. The van der Waals surface area contributed by atoms with Crippen LogP contribution in [-0.2, 0) is 36.2 Å². The van der Waals surface area contributed by atoms with Crippen LogP contribution in [0.15, 0.2) is 30.4 Å². The average molecular weight is 558 g/mol. The Balaban J connectivity index is 2.97. The number of thioether (sulfide) groups is 1. The van der Waals surface area contributed by atoms with Crippen molar-refractivity contribution in [2.45, 2.75) is 43.7 Å². The van der Waals surface area contributed by atoms with Crippen molar-refractivity contribution >= 4 is 35.5 Å². The van der Waals surface area contributed by atoms with Crippen molar-refractivity contribution in [3.8, 4) is 0 Å². The van der Waals surface area contributed by atoms with E-state index in [2.05, 4.69) is 26.7 Å². The fourth-order valence-electron chi connectivity index (χ4n) is 2.65. The quantitative estimate of drug-likeness (QED) is 0.184. The summed E-state index contributed by atoms with van der Waals surface area (Å²) < 4.78 is 88.8. The van der Waals surface area contributed by atoms with Crippen LogP contribution in [0.5, 0.6) is 0 Å². The minimum atomic E-state index is -5.30. The molecule has 15 heteroatoms. The second kappa shape index (κ2) is 13.4. The third kappa shape index (κ3) is 9.98. The number of hydrogen-bond donors (Lipinski definition) is 2. The number of rotatable bonds is 11. The van der Waals surface area contributed by atoms with Gasteiger partial charge in [-0.2, -0.15) is 26.3 Å². The van der Waals surface area contributed by atoms with Crippen molar-refractivity contribution in [2.75, 3.05) is 19.8 Å². The molecule has 0 aromatic heterocycles. The van der Waals surface area contributed by atoms with E-state index in [-0.39, 0.29) is 24.0 Å². The summed E-state index contributed by atoms with van der Waals surface area (Å²) in [6, 6.07) is 1.07. The number of benzene rings is 1. The molecule has 0 saturated carbocycles. The maximum absolute atomic E-state index is 13.3. The number of esters is 2. The van der Waals surface area contributed by atoms with E-state index in [1.807, 2.05) is 0 Å². The second-order valence-corrected chi connectivity index (χ2v) is 9.15. The third-order valence-corrected chi connectivity index (χ3v) is 5.35. The van der Waals surface area contributed by atoms with Gasteiger partial charge in [0.25, 0.3) is 11.8 Å². The first kappa shape index (κ1) is 31.8. The van der Waals surface area contributed by atoms with Gasteiger partial charge < -0.3 is 20.1 Å². The van der Waals surface area contributed by atoms with Crippen LogP contribution in [0.4, 0.5) is 26.3 Å². The molecule has 1 rings (SSSR count). The maximum Gasteiger partial charge on any atom is 0.417 e. The molecule has 1 unspecified atom stereocenters. The summed E-state index contributed by atoms with van der Waals surface area (Å²) in [7, 11) is 0. The van der Waals surface area contributed by atoms with E-state index in [0.29, 0.717) is 6.07 Å². The van der Waals surface area contributed by atoms with E-state index in [9.17, 15) is 45.5 Å². The Bertz CT molecular complexity index is 994. The van der Waals surface area contributed by atoms with Crippen LogP contribution in [-0.4, -0.2) is 54.1 Å². The lowest BCUT2D eigenvalue weighted by Crippen LogP contribution is -2.47. The molecule has 0 heterocycles. The smallest absolute Gasteiger partial charge is 0.417 e. The zero-order chi connectivity index (χ0) is 28.6. The van der Waals surface area contributed by atoms with Gasteiger partial charge in [-0.1, -0.05) is 26.5 Å². The highest BCUT2D eigenvalue weighted by molar-refractivity contribution is 8.01. The highest BCUT2D eigenvalue weighted by atomic mass is 32.2. The number of carbonyl (C=O) groups excluding carboxylic acids is 4. The fraction of sp³-hybridized carbons (Fsp3) is 0.455. The summed E-state index contributed by atoms with van der Waals surface area (Å²) in [6.07, 6.45) is -10.6. The Kier molecular flexibility index (Phi) is 11.5. The molecule has 1 aromatic carbocycles. The topological polar surface area (TPSA) is 111 Å². The molecule has 0 radical (unpaired) electrons. The van der Waals surface area contributed by atoms with Crippen molar-refractivity contribution in [3.05, 3.63) is 47.0 Å². The van der Waals surface area contributed by atoms with Crippen LogP contribution < -0.4 is 10.6 Å². The first-order valence-electron chi connectivity index (χ1n) is 10.5. The Hall–Kier alpha value is -3.23. The van der Waals surface area contributed by atoms with Crippen molar-refractivity contribution < 1.29 is 55.0 Å². The normalized spacial score (nSPS) is 12.5. The fourth-order valence-corrected chi connectivity index (χ4v) is 3.58. The molecular weight excluding hydrogens is 534 g/mol. The summed E-state index contributed by atoms with van der Waals surface area (Å²) >= 11 is 0.954. The van der Waals surface area contributed by atoms with Gasteiger partial charge in [-0.25, -0.2) is 4.79 Å². The molecule has 37 heavy (non-hydrogen) atoms. The lowest BCUT2D eigenvalue weighted by Gasteiger charge is -2.20. The number of nitrogens with one attached hydrogen (secondary N) is 2. The number of alkyl halides is 6. The van der Waals surface area contributed by atoms with E-state index < -0.39 is 76.9 Å². The number of halogens is 6. The van der Waals surface area contributed by atoms with E-state index in [1.54, 1.807) is 20.8 Å². The molecule has 8 nitrogen and oxygen atoms in total. The summed E-state index contributed by atoms with van der Waals surface area (Å²) in [5.74, 6) is -4.57. The highest BCUT2D eigenvalue weighted by Gasteiger charge is 2.43. The second-order valence-electron chi connectivity index (χ2n) is 7.46. The molecular formula is C22H24F6N2O6S. The molecule has 0 fully saturated rings. The van der Waals surface area contributed by atoms with Crippen LogP contribution in [0.3, 0.4) is 0 Å². The van der Waals surface area contributed by atoms with Crippen LogP contribution >= 0.6 is 11.8 Å². The van der Waals surface area contributed by atoms with E-state index in [0.717, 1.165) is 11.8 Å². The Labute approximate surface area is 212 Å². The molecule has 0 spiro atoms. The molecule has 1 atom stereocenters. The minimum Gasteiger partial charge on any atom is -0.465 e. The molecule has 2 N–H and O–H groups in total. The average Bonchev–Trinajstić information content (AvgIpc) is 2.78. The van der Waals surface area contributed by atoms with Crippen LogP contribution in [0.1, 0.15) is 42.3 Å². The zero-order valence-electron chi connectivity index (χ0n) is 19.8. The molecule has 206 valence electrons. The molecule has 2 amide bonds. The number of hydrogen-bond acceptors (Lipinski definition) is 7. The van der Waals surface area contributed by atoms with Gasteiger partial charge in [0.05, 0.1) is 23.3 Å². The van der Waals surface area contributed by atoms with Gasteiger partial charge in [-0.15, -0.1) is 11.8 Å². The zero-order valence-corrected chi connectivity index (χ0v) is 20.7. The molecule has 0 aliphatic carbocycles. The highest BCUT2D eigenvalue weighted by Crippen LogP contribution is 2.39. The Morgan fingerprint density at radius 1 is 1.00 bits per heavy atom. The van der Waals surface area contributed by atoms with Gasteiger partial charge in [0.15, 0.2) is 5.37 Å². The molecule has 0 aliphatic heterocycles.